The zero-order valence-corrected chi connectivity index (χ0v) is 4.81. The molecule has 0 aromatic rings. The van der Waals surface area contributed by atoms with E-state index in [1.807, 2.05) is 6.92 Å². The van der Waals surface area contributed by atoms with Crippen molar-refractivity contribution in [2.45, 2.75) is 13.3 Å². The van der Waals surface area contributed by atoms with Crippen molar-refractivity contribution in [1.29, 1.82) is 0 Å². The standard InChI is InChI=1S/C6H8O2/c1-2-8-6-3-5(7)4-6/h3H,2,4H2,1H3. The average molecular weight is 112 g/mol. The van der Waals surface area contributed by atoms with Crippen molar-refractivity contribution in [3.8, 4) is 0 Å². The SMILES string of the molecule is CCOC1=CC(=O)C1. The van der Waals surface area contributed by atoms with E-state index >= 15 is 0 Å². The van der Waals surface area contributed by atoms with Gasteiger partial charge >= 0.3 is 0 Å². The summed E-state index contributed by atoms with van der Waals surface area (Å²) in [5, 5.41) is 0. The van der Waals surface area contributed by atoms with E-state index in [0.29, 0.717) is 13.0 Å². The normalized spacial score (nSPS) is 17.1. The van der Waals surface area contributed by atoms with E-state index < -0.39 is 0 Å². The second kappa shape index (κ2) is 1.99. The largest absolute Gasteiger partial charge is 0.498 e. The number of rotatable bonds is 2. The van der Waals surface area contributed by atoms with Gasteiger partial charge in [-0.2, -0.15) is 0 Å². The average Bonchev–Trinajstić information content (AvgIpc) is 1.64. The summed E-state index contributed by atoms with van der Waals surface area (Å²) in [6.07, 6.45) is 2.04. The number of allylic oxidation sites excluding steroid dienone is 2. The fourth-order valence-electron chi connectivity index (χ4n) is 0.600. The van der Waals surface area contributed by atoms with Gasteiger partial charge in [-0.15, -0.1) is 0 Å². The van der Waals surface area contributed by atoms with Crippen LogP contribution >= 0.6 is 0 Å². The molecule has 0 radical (unpaired) electrons. The molecule has 8 heavy (non-hydrogen) atoms. The molecule has 1 aliphatic rings. The zero-order chi connectivity index (χ0) is 5.98. The lowest BCUT2D eigenvalue weighted by Gasteiger charge is -2.12. The van der Waals surface area contributed by atoms with E-state index in [9.17, 15) is 4.79 Å². The van der Waals surface area contributed by atoms with Gasteiger partial charge < -0.3 is 4.74 Å². The number of carbonyl (C=O) groups excluding carboxylic acids is 1. The molecule has 0 saturated heterocycles. The predicted molar refractivity (Wildman–Crippen MR) is 29.3 cm³/mol. The van der Waals surface area contributed by atoms with Gasteiger partial charge in [-0.25, -0.2) is 0 Å². The molecule has 44 valence electrons. The van der Waals surface area contributed by atoms with Crippen molar-refractivity contribution >= 4 is 5.78 Å². The summed E-state index contributed by atoms with van der Waals surface area (Å²) in [5.74, 6) is 1.01. The molecular weight excluding hydrogens is 104 g/mol. The number of ketones is 1. The summed E-state index contributed by atoms with van der Waals surface area (Å²) in [6.45, 7) is 2.57. The van der Waals surface area contributed by atoms with E-state index in [4.69, 9.17) is 4.74 Å². The Kier molecular flexibility index (Phi) is 1.33. The van der Waals surface area contributed by atoms with Gasteiger partial charge in [-0.05, 0) is 6.92 Å². The first-order chi connectivity index (χ1) is 3.83. The van der Waals surface area contributed by atoms with Crippen molar-refractivity contribution in [2.75, 3.05) is 6.61 Å². The lowest BCUT2D eigenvalue weighted by molar-refractivity contribution is -0.116. The van der Waals surface area contributed by atoms with E-state index in [2.05, 4.69) is 0 Å². The third-order valence-electron chi connectivity index (χ3n) is 1.00. The van der Waals surface area contributed by atoms with Crippen LogP contribution in [0.3, 0.4) is 0 Å². The smallest absolute Gasteiger partial charge is 0.166 e. The fraction of sp³-hybridized carbons (Fsp3) is 0.500. The third kappa shape index (κ3) is 0.886. The van der Waals surface area contributed by atoms with Crippen molar-refractivity contribution in [2.24, 2.45) is 0 Å². The lowest BCUT2D eigenvalue weighted by atomic mass is 10.1. The number of hydrogen-bond donors (Lipinski definition) is 0. The molecule has 0 aromatic heterocycles. The van der Waals surface area contributed by atoms with E-state index in [1.54, 1.807) is 0 Å². The molecule has 0 aromatic carbocycles. The molecule has 0 spiro atoms. The van der Waals surface area contributed by atoms with Gasteiger partial charge in [0.1, 0.15) is 5.76 Å². The quantitative estimate of drug-likeness (QED) is 0.530. The van der Waals surface area contributed by atoms with Crippen LogP contribution in [0, 0.1) is 0 Å². The van der Waals surface area contributed by atoms with Crippen molar-refractivity contribution in [1.82, 2.24) is 0 Å². The Morgan fingerprint density at radius 2 is 2.50 bits per heavy atom. The topological polar surface area (TPSA) is 26.3 Å². The van der Waals surface area contributed by atoms with Gasteiger partial charge in [0.25, 0.3) is 0 Å². The van der Waals surface area contributed by atoms with Gasteiger partial charge in [-0.3, -0.25) is 4.79 Å². The van der Waals surface area contributed by atoms with Crippen LogP contribution in [-0.4, -0.2) is 12.4 Å². The van der Waals surface area contributed by atoms with Crippen molar-refractivity contribution in [3.05, 3.63) is 11.8 Å². The second-order valence-electron chi connectivity index (χ2n) is 1.69. The summed E-state index contributed by atoms with van der Waals surface area (Å²) in [6, 6.07) is 0. The van der Waals surface area contributed by atoms with Crippen LogP contribution in [0.25, 0.3) is 0 Å². The van der Waals surface area contributed by atoms with Crippen molar-refractivity contribution < 1.29 is 9.53 Å². The molecule has 0 unspecified atom stereocenters. The summed E-state index contributed by atoms with van der Waals surface area (Å²) in [7, 11) is 0. The maximum absolute atomic E-state index is 10.2. The predicted octanol–water partition coefficient (Wildman–Crippen LogP) is 0.880. The molecule has 2 nitrogen and oxygen atoms in total. The Morgan fingerprint density at radius 3 is 2.88 bits per heavy atom. The lowest BCUT2D eigenvalue weighted by Crippen LogP contribution is -2.10. The highest BCUT2D eigenvalue weighted by Crippen LogP contribution is 2.14. The first-order valence-electron chi connectivity index (χ1n) is 2.69. The maximum atomic E-state index is 10.2. The minimum Gasteiger partial charge on any atom is -0.498 e. The van der Waals surface area contributed by atoms with Crippen LogP contribution in [-0.2, 0) is 9.53 Å². The first-order valence-corrected chi connectivity index (χ1v) is 2.69. The Morgan fingerprint density at radius 1 is 1.88 bits per heavy atom. The van der Waals surface area contributed by atoms with Gasteiger partial charge in [0.15, 0.2) is 5.78 Å². The molecule has 0 saturated carbocycles. The Bertz CT molecular complexity index is 135. The number of ether oxygens (including phenoxy) is 1. The molecule has 0 fully saturated rings. The zero-order valence-electron chi connectivity index (χ0n) is 4.81. The van der Waals surface area contributed by atoms with Crippen LogP contribution in [0.15, 0.2) is 11.8 Å². The summed E-state index contributed by atoms with van der Waals surface area (Å²) in [5.41, 5.74) is 0. The highest BCUT2D eigenvalue weighted by atomic mass is 16.5. The second-order valence-corrected chi connectivity index (χ2v) is 1.69. The summed E-state index contributed by atoms with van der Waals surface area (Å²) < 4.78 is 4.99. The first kappa shape index (κ1) is 5.35. The van der Waals surface area contributed by atoms with Gasteiger partial charge in [-0.1, -0.05) is 0 Å². The van der Waals surface area contributed by atoms with Gasteiger partial charge in [0.05, 0.1) is 13.0 Å². The molecule has 0 atom stereocenters. The van der Waals surface area contributed by atoms with Crippen LogP contribution in [0.4, 0.5) is 0 Å². The van der Waals surface area contributed by atoms with Crippen LogP contribution < -0.4 is 0 Å². The molecule has 2 heteroatoms. The van der Waals surface area contributed by atoms with Crippen LogP contribution in [0.5, 0.6) is 0 Å². The Balaban J connectivity index is 2.31. The minimum absolute atomic E-state index is 0.174. The molecule has 0 amide bonds. The van der Waals surface area contributed by atoms with Gasteiger partial charge in [0.2, 0.25) is 0 Å². The highest BCUT2D eigenvalue weighted by Gasteiger charge is 2.14. The number of hydrogen-bond acceptors (Lipinski definition) is 2. The van der Waals surface area contributed by atoms with Crippen LogP contribution in [0.1, 0.15) is 13.3 Å². The van der Waals surface area contributed by atoms with E-state index in [0.717, 1.165) is 5.76 Å². The summed E-state index contributed by atoms with van der Waals surface area (Å²) >= 11 is 0. The molecule has 0 heterocycles. The van der Waals surface area contributed by atoms with Gasteiger partial charge in [0, 0.05) is 6.08 Å². The minimum atomic E-state index is 0.174. The maximum Gasteiger partial charge on any atom is 0.166 e. The Labute approximate surface area is 48.1 Å². The highest BCUT2D eigenvalue weighted by molar-refractivity contribution is 5.98. The third-order valence-corrected chi connectivity index (χ3v) is 1.00. The molecule has 0 N–H and O–H groups in total. The van der Waals surface area contributed by atoms with E-state index in [-0.39, 0.29) is 5.78 Å². The Hall–Kier alpha value is -0.790. The van der Waals surface area contributed by atoms with E-state index in [1.165, 1.54) is 6.08 Å². The monoisotopic (exact) mass is 112 g/mol. The molecule has 0 aliphatic heterocycles. The molecule has 1 rings (SSSR count). The van der Waals surface area contributed by atoms with Crippen molar-refractivity contribution in [3.63, 3.8) is 0 Å². The summed E-state index contributed by atoms with van der Waals surface area (Å²) in [4.78, 5) is 10.2. The fourth-order valence-corrected chi connectivity index (χ4v) is 0.600. The molecular formula is C6H8O2. The molecule has 1 aliphatic carbocycles. The van der Waals surface area contributed by atoms with Crippen LogP contribution in [0.2, 0.25) is 0 Å². The number of carbonyl (C=O) groups is 1. The molecule has 0 bridgehead atoms.